The smallest absolute Gasteiger partial charge is 0.330 e. The molecule has 0 spiro atoms. The fourth-order valence-electron chi connectivity index (χ4n) is 1.35. The normalized spacial score (nSPS) is 11.7. The quantitative estimate of drug-likeness (QED) is 0.756. The number of alkyl halides is 4. The van der Waals surface area contributed by atoms with Gasteiger partial charge in [-0.2, -0.15) is 8.78 Å². The Morgan fingerprint density at radius 1 is 1.35 bits per heavy atom. The summed E-state index contributed by atoms with van der Waals surface area (Å²) >= 11 is 0. The van der Waals surface area contributed by atoms with Gasteiger partial charge in [-0.05, 0) is 11.6 Å². The van der Waals surface area contributed by atoms with Crippen molar-refractivity contribution < 1.29 is 27.1 Å². The van der Waals surface area contributed by atoms with Crippen LogP contribution in [0.1, 0.15) is 5.56 Å². The first-order chi connectivity index (χ1) is 9.36. The minimum absolute atomic E-state index is 0.181. The van der Waals surface area contributed by atoms with Gasteiger partial charge in [0.1, 0.15) is 13.2 Å². The molecule has 0 atom stereocenters. The van der Waals surface area contributed by atoms with Gasteiger partial charge >= 0.3 is 12.3 Å². The lowest BCUT2D eigenvalue weighted by atomic mass is 10.2. The zero-order chi connectivity index (χ0) is 15.2. The Morgan fingerprint density at radius 3 is 2.60 bits per heavy atom. The predicted octanol–water partition coefficient (Wildman–Crippen LogP) is 2.00. The first kappa shape index (κ1) is 16.4. The van der Waals surface area contributed by atoms with Crippen LogP contribution >= 0.6 is 0 Å². The van der Waals surface area contributed by atoms with Crippen molar-refractivity contribution in [1.29, 1.82) is 0 Å². The van der Waals surface area contributed by atoms with Crippen molar-refractivity contribution in [3.8, 4) is 0 Å². The van der Waals surface area contributed by atoms with Gasteiger partial charge in [0.2, 0.25) is 5.91 Å². The molecule has 0 radical (unpaired) electrons. The highest BCUT2D eigenvalue weighted by atomic mass is 19.3. The lowest BCUT2D eigenvalue weighted by molar-refractivity contribution is -0.167. The third-order valence-electron chi connectivity index (χ3n) is 2.36. The number of carbonyl (C=O) groups is 1. The Morgan fingerprint density at radius 2 is 2.00 bits per heavy atom. The van der Waals surface area contributed by atoms with Crippen LogP contribution in [0.4, 0.5) is 23.2 Å². The molecule has 0 fully saturated rings. The summed E-state index contributed by atoms with van der Waals surface area (Å²) in [6, 6.07) is 6.63. The van der Waals surface area contributed by atoms with E-state index in [2.05, 4.69) is 10.1 Å². The van der Waals surface area contributed by atoms with E-state index in [4.69, 9.17) is 5.73 Å². The van der Waals surface area contributed by atoms with Crippen molar-refractivity contribution >= 4 is 11.6 Å². The van der Waals surface area contributed by atoms with Crippen molar-refractivity contribution in [1.82, 2.24) is 0 Å². The second-order valence-corrected chi connectivity index (χ2v) is 3.96. The molecule has 0 aliphatic carbocycles. The van der Waals surface area contributed by atoms with Crippen LogP contribution in [0, 0.1) is 0 Å². The van der Waals surface area contributed by atoms with Crippen LogP contribution in [-0.4, -0.2) is 31.5 Å². The highest BCUT2D eigenvalue weighted by molar-refractivity contribution is 5.92. The minimum atomic E-state index is -4.27. The Labute approximate surface area is 112 Å². The van der Waals surface area contributed by atoms with E-state index >= 15 is 0 Å². The topological polar surface area (TPSA) is 64.3 Å². The molecule has 112 valence electrons. The number of anilines is 1. The number of amides is 1. The molecule has 0 aromatic heterocycles. The predicted molar refractivity (Wildman–Crippen MR) is 64.7 cm³/mol. The summed E-state index contributed by atoms with van der Waals surface area (Å²) in [4.78, 5) is 11.4. The molecular formula is C12H14F4N2O2. The van der Waals surface area contributed by atoms with E-state index in [1.807, 2.05) is 0 Å². The Bertz CT molecular complexity index is 455. The minimum Gasteiger partial charge on any atom is -0.365 e. The molecule has 1 aromatic carbocycles. The summed E-state index contributed by atoms with van der Waals surface area (Å²) in [6.45, 7) is -2.08. The van der Waals surface area contributed by atoms with E-state index in [-0.39, 0.29) is 6.54 Å². The second-order valence-electron chi connectivity index (χ2n) is 3.96. The number of benzene rings is 1. The Hall–Kier alpha value is -1.67. The molecule has 1 amide bonds. The molecule has 0 heterocycles. The lowest BCUT2D eigenvalue weighted by Gasteiger charge is -2.15. The number of nitrogens with two attached hydrogens (primary N) is 1. The summed E-state index contributed by atoms with van der Waals surface area (Å²) in [5.74, 6) is -4.99. The molecule has 8 heteroatoms. The van der Waals surface area contributed by atoms with Gasteiger partial charge in [-0.15, -0.1) is 0 Å². The van der Waals surface area contributed by atoms with Crippen molar-refractivity contribution in [3.63, 3.8) is 0 Å². The van der Waals surface area contributed by atoms with Gasteiger partial charge < -0.3 is 15.8 Å². The number of rotatable bonds is 7. The zero-order valence-electron chi connectivity index (χ0n) is 10.4. The molecule has 0 unspecified atom stereocenters. The van der Waals surface area contributed by atoms with Crippen LogP contribution in [0.3, 0.4) is 0 Å². The average molecular weight is 294 g/mol. The molecule has 0 aliphatic rings. The van der Waals surface area contributed by atoms with Crippen LogP contribution in [0.15, 0.2) is 24.3 Å². The number of nitrogens with one attached hydrogen (secondary N) is 1. The molecule has 1 aromatic rings. The van der Waals surface area contributed by atoms with E-state index < -0.39 is 31.5 Å². The van der Waals surface area contributed by atoms with Gasteiger partial charge in [0, 0.05) is 12.2 Å². The van der Waals surface area contributed by atoms with E-state index in [9.17, 15) is 22.4 Å². The number of halogens is 4. The molecule has 0 saturated heterocycles. The van der Waals surface area contributed by atoms with Crippen LogP contribution < -0.4 is 11.1 Å². The molecule has 20 heavy (non-hydrogen) atoms. The van der Waals surface area contributed by atoms with Crippen LogP contribution in [-0.2, 0) is 16.1 Å². The van der Waals surface area contributed by atoms with E-state index in [0.717, 1.165) is 0 Å². The molecular weight excluding hydrogens is 280 g/mol. The Kier molecular flexibility index (Phi) is 5.90. The maximum atomic E-state index is 12.5. The Balaban J connectivity index is 2.45. The number of carbonyl (C=O) groups excluding carboxylic acids is 1. The summed E-state index contributed by atoms with van der Waals surface area (Å²) in [5.41, 5.74) is 6.52. The highest BCUT2D eigenvalue weighted by Crippen LogP contribution is 2.22. The summed E-state index contributed by atoms with van der Waals surface area (Å²) in [5, 5.41) is 2.40. The van der Waals surface area contributed by atoms with Crippen LogP contribution in [0.5, 0.6) is 0 Å². The fraction of sp³-hybridized carbons (Fsp3) is 0.417. The van der Waals surface area contributed by atoms with Gasteiger partial charge in [0.05, 0.1) is 0 Å². The first-order valence-corrected chi connectivity index (χ1v) is 5.68. The highest BCUT2D eigenvalue weighted by Gasteiger charge is 2.41. The van der Waals surface area contributed by atoms with E-state index in [0.29, 0.717) is 11.3 Å². The summed E-state index contributed by atoms with van der Waals surface area (Å²) < 4.78 is 53.0. The monoisotopic (exact) mass is 294 g/mol. The largest absolute Gasteiger partial charge is 0.365 e. The van der Waals surface area contributed by atoms with Gasteiger partial charge in [-0.3, -0.25) is 4.79 Å². The molecule has 1 rings (SSSR count). The third kappa shape index (κ3) is 4.78. The average Bonchev–Trinajstić information content (AvgIpc) is 2.39. The van der Waals surface area contributed by atoms with E-state index in [1.165, 1.54) is 0 Å². The standard InChI is InChI=1S/C12H14F4N2O2/c13-11(14)12(15,16)7-20-6-10(19)18-9-4-2-1-3-8(9)5-17/h1-4,11H,5-7,17H2,(H,18,19). The maximum absolute atomic E-state index is 12.5. The van der Waals surface area contributed by atoms with Crippen molar-refractivity contribution in [2.45, 2.75) is 18.9 Å². The van der Waals surface area contributed by atoms with Crippen LogP contribution in [0.25, 0.3) is 0 Å². The summed E-state index contributed by atoms with van der Waals surface area (Å²) in [6.07, 6.45) is -3.83. The second kappa shape index (κ2) is 7.20. The van der Waals surface area contributed by atoms with Gasteiger partial charge in [-0.25, -0.2) is 8.78 Å². The molecule has 4 nitrogen and oxygen atoms in total. The van der Waals surface area contributed by atoms with Crippen molar-refractivity contribution in [2.75, 3.05) is 18.5 Å². The number of hydrogen-bond donors (Lipinski definition) is 2. The number of ether oxygens (including phenoxy) is 1. The van der Waals surface area contributed by atoms with E-state index in [1.54, 1.807) is 24.3 Å². The van der Waals surface area contributed by atoms with Crippen molar-refractivity contribution in [3.05, 3.63) is 29.8 Å². The molecule has 0 bridgehead atoms. The first-order valence-electron chi connectivity index (χ1n) is 5.68. The summed E-state index contributed by atoms with van der Waals surface area (Å²) in [7, 11) is 0. The lowest BCUT2D eigenvalue weighted by Crippen LogP contribution is -2.34. The van der Waals surface area contributed by atoms with Gasteiger partial charge in [-0.1, -0.05) is 18.2 Å². The third-order valence-corrected chi connectivity index (χ3v) is 2.36. The van der Waals surface area contributed by atoms with Crippen molar-refractivity contribution in [2.24, 2.45) is 5.73 Å². The number of hydrogen-bond acceptors (Lipinski definition) is 3. The SMILES string of the molecule is NCc1ccccc1NC(=O)COCC(F)(F)C(F)F. The molecule has 0 aliphatic heterocycles. The van der Waals surface area contributed by atoms with Gasteiger partial charge in [0.25, 0.3) is 0 Å². The van der Waals surface area contributed by atoms with Crippen LogP contribution in [0.2, 0.25) is 0 Å². The number of para-hydroxylation sites is 1. The zero-order valence-corrected chi connectivity index (χ0v) is 10.4. The van der Waals surface area contributed by atoms with Gasteiger partial charge in [0.15, 0.2) is 0 Å². The molecule has 3 N–H and O–H groups in total. The fourth-order valence-corrected chi connectivity index (χ4v) is 1.35. The maximum Gasteiger partial charge on any atom is 0.330 e. The molecule has 0 saturated carbocycles.